The van der Waals surface area contributed by atoms with Gasteiger partial charge in [0.05, 0.1) is 0 Å². The summed E-state index contributed by atoms with van der Waals surface area (Å²) in [4.78, 5) is 0. The molecule has 0 heterocycles. The number of hydrogen-bond acceptors (Lipinski definition) is 1. The van der Waals surface area contributed by atoms with Crippen LogP contribution in [0.3, 0.4) is 0 Å². The molecule has 0 spiro atoms. The zero-order valence-corrected chi connectivity index (χ0v) is 7.95. The third-order valence-corrected chi connectivity index (χ3v) is 2.33. The number of para-hydroxylation sites is 1. The molecular formula is C12H13FO. The van der Waals surface area contributed by atoms with Gasteiger partial charge in [0, 0.05) is 0 Å². The number of hydrogen-bond donors (Lipinski definition) is 0. The normalized spacial score (nSPS) is 20.8. The maximum absolute atomic E-state index is 13.2. The van der Waals surface area contributed by atoms with Gasteiger partial charge in [-0.2, -0.15) is 0 Å². The Morgan fingerprint density at radius 3 is 2.86 bits per heavy atom. The van der Waals surface area contributed by atoms with Crippen LogP contribution in [0.4, 0.5) is 4.39 Å². The molecule has 1 aromatic rings. The summed E-state index contributed by atoms with van der Waals surface area (Å²) in [6.07, 6.45) is 7.35. The van der Waals surface area contributed by atoms with Gasteiger partial charge < -0.3 is 4.74 Å². The Bertz CT molecular complexity index is 333. The van der Waals surface area contributed by atoms with Gasteiger partial charge in [-0.3, -0.25) is 0 Å². The lowest BCUT2D eigenvalue weighted by molar-refractivity contribution is 0.220. The van der Waals surface area contributed by atoms with Crippen molar-refractivity contribution in [2.45, 2.75) is 25.4 Å². The van der Waals surface area contributed by atoms with E-state index in [1.807, 2.05) is 6.08 Å². The summed E-state index contributed by atoms with van der Waals surface area (Å²) in [6, 6.07) is 6.53. The van der Waals surface area contributed by atoms with Crippen molar-refractivity contribution >= 4 is 0 Å². The summed E-state index contributed by atoms with van der Waals surface area (Å²) in [7, 11) is 0. The molecule has 0 N–H and O–H groups in total. The van der Waals surface area contributed by atoms with Gasteiger partial charge in [0.25, 0.3) is 0 Å². The average molecular weight is 192 g/mol. The zero-order chi connectivity index (χ0) is 9.80. The second-order valence-corrected chi connectivity index (χ2v) is 3.45. The number of allylic oxidation sites excluding steroid dienone is 1. The molecule has 1 aromatic carbocycles. The predicted molar refractivity (Wildman–Crippen MR) is 53.8 cm³/mol. The van der Waals surface area contributed by atoms with E-state index < -0.39 is 0 Å². The second-order valence-electron chi connectivity index (χ2n) is 3.45. The number of ether oxygens (including phenoxy) is 1. The van der Waals surface area contributed by atoms with Crippen molar-refractivity contribution in [2.24, 2.45) is 0 Å². The first kappa shape index (κ1) is 9.25. The van der Waals surface area contributed by atoms with Crippen LogP contribution in [0, 0.1) is 5.82 Å². The zero-order valence-electron chi connectivity index (χ0n) is 7.95. The summed E-state index contributed by atoms with van der Waals surface area (Å²) in [6.45, 7) is 0. The molecule has 1 aliphatic carbocycles. The molecule has 1 unspecified atom stereocenters. The highest BCUT2D eigenvalue weighted by Crippen LogP contribution is 2.21. The highest BCUT2D eigenvalue weighted by Gasteiger charge is 2.11. The summed E-state index contributed by atoms with van der Waals surface area (Å²) in [5.74, 6) is 0.0653. The molecule has 14 heavy (non-hydrogen) atoms. The molecule has 0 aliphatic heterocycles. The van der Waals surface area contributed by atoms with E-state index in [-0.39, 0.29) is 11.9 Å². The van der Waals surface area contributed by atoms with Gasteiger partial charge in [-0.25, -0.2) is 4.39 Å². The summed E-state index contributed by atoms with van der Waals surface area (Å²) < 4.78 is 18.7. The van der Waals surface area contributed by atoms with E-state index in [0.717, 1.165) is 19.3 Å². The highest BCUT2D eigenvalue weighted by molar-refractivity contribution is 5.24. The molecule has 0 fully saturated rings. The first-order chi connectivity index (χ1) is 6.86. The molecule has 0 saturated carbocycles. The molecule has 1 nitrogen and oxygen atoms in total. The Morgan fingerprint density at radius 2 is 2.14 bits per heavy atom. The quantitative estimate of drug-likeness (QED) is 0.653. The van der Waals surface area contributed by atoms with Crippen molar-refractivity contribution in [3.8, 4) is 5.75 Å². The number of rotatable bonds is 2. The van der Waals surface area contributed by atoms with E-state index in [2.05, 4.69) is 6.08 Å². The largest absolute Gasteiger partial charge is 0.483 e. The first-order valence-corrected chi connectivity index (χ1v) is 4.94. The van der Waals surface area contributed by atoms with Gasteiger partial charge in [-0.1, -0.05) is 18.2 Å². The van der Waals surface area contributed by atoms with Crippen LogP contribution in [0.5, 0.6) is 5.75 Å². The van der Waals surface area contributed by atoms with Gasteiger partial charge in [0.2, 0.25) is 0 Å². The van der Waals surface area contributed by atoms with E-state index >= 15 is 0 Å². The van der Waals surface area contributed by atoms with Gasteiger partial charge in [-0.05, 0) is 37.5 Å². The fourth-order valence-corrected chi connectivity index (χ4v) is 1.58. The van der Waals surface area contributed by atoms with Gasteiger partial charge in [0.1, 0.15) is 6.10 Å². The maximum Gasteiger partial charge on any atom is 0.165 e. The Morgan fingerprint density at radius 1 is 1.29 bits per heavy atom. The van der Waals surface area contributed by atoms with Crippen LogP contribution in [-0.2, 0) is 0 Å². The molecule has 1 atom stereocenters. The minimum atomic E-state index is -0.286. The molecule has 0 saturated heterocycles. The molecule has 1 aliphatic rings. The Labute approximate surface area is 83.2 Å². The molecule has 0 bridgehead atoms. The van der Waals surface area contributed by atoms with Crippen molar-refractivity contribution in [3.05, 3.63) is 42.2 Å². The SMILES string of the molecule is Fc1ccccc1OC1C=CCCC1. The van der Waals surface area contributed by atoms with Crippen LogP contribution in [0.15, 0.2) is 36.4 Å². The lowest BCUT2D eigenvalue weighted by Crippen LogP contribution is -2.16. The molecule has 2 rings (SSSR count). The van der Waals surface area contributed by atoms with Gasteiger partial charge in [0.15, 0.2) is 11.6 Å². The fraction of sp³-hybridized carbons (Fsp3) is 0.333. The monoisotopic (exact) mass is 192 g/mol. The maximum atomic E-state index is 13.2. The van der Waals surface area contributed by atoms with Crippen molar-refractivity contribution in [1.82, 2.24) is 0 Å². The Kier molecular flexibility index (Phi) is 2.82. The molecule has 74 valence electrons. The minimum absolute atomic E-state index is 0.0423. The summed E-state index contributed by atoms with van der Waals surface area (Å²) >= 11 is 0. The lowest BCUT2D eigenvalue weighted by Gasteiger charge is -2.18. The first-order valence-electron chi connectivity index (χ1n) is 4.94. The Hall–Kier alpha value is -1.31. The molecule has 0 aromatic heterocycles. The van der Waals surface area contributed by atoms with Crippen molar-refractivity contribution < 1.29 is 9.13 Å². The third kappa shape index (κ3) is 2.13. The third-order valence-electron chi connectivity index (χ3n) is 2.33. The number of benzene rings is 1. The molecular weight excluding hydrogens is 179 g/mol. The topological polar surface area (TPSA) is 9.23 Å². The van der Waals surface area contributed by atoms with E-state index in [1.165, 1.54) is 6.07 Å². The van der Waals surface area contributed by atoms with Gasteiger partial charge >= 0.3 is 0 Å². The predicted octanol–water partition coefficient (Wildman–Crippen LogP) is 3.31. The number of halogens is 1. The smallest absolute Gasteiger partial charge is 0.165 e. The van der Waals surface area contributed by atoms with E-state index in [1.54, 1.807) is 18.2 Å². The van der Waals surface area contributed by atoms with Crippen molar-refractivity contribution in [3.63, 3.8) is 0 Å². The highest BCUT2D eigenvalue weighted by atomic mass is 19.1. The van der Waals surface area contributed by atoms with Crippen LogP contribution < -0.4 is 4.74 Å². The lowest BCUT2D eigenvalue weighted by atomic mass is 10.1. The van der Waals surface area contributed by atoms with Crippen molar-refractivity contribution in [1.29, 1.82) is 0 Å². The van der Waals surface area contributed by atoms with Crippen LogP contribution in [0.2, 0.25) is 0 Å². The van der Waals surface area contributed by atoms with Crippen molar-refractivity contribution in [2.75, 3.05) is 0 Å². The Balaban J connectivity index is 2.06. The van der Waals surface area contributed by atoms with Crippen LogP contribution in [-0.4, -0.2) is 6.10 Å². The summed E-state index contributed by atoms with van der Waals surface area (Å²) in [5, 5.41) is 0. The molecule has 0 amide bonds. The van der Waals surface area contributed by atoms with E-state index in [9.17, 15) is 4.39 Å². The summed E-state index contributed by atoms with van der Waals surface area (Å²) in [5.41, 5.74) is 0. The standard InChI is InChI=1S/C12H13FO/c13-11-8-4-5-9-12(11)14-10-6-2-1-3-7-10/h2,4-6,8-10H,1,3,7H2. The van der Waals surface area contributed by atoms with Gasteiger partial charge in [-0.15, -0.1) is 0 Å². The average Bonchev–Trinajstić information content (AvgIpc) is 2.23. The van der Waals surface area contributed by atoms with Crippen LogP contribution in [0.1, 0.15) is 19.3 Å². The van der Waals surface area contributed by atoms with Crippen LogP contribution in [0.25, 0.3) is 0 Å². The molecule has 2 heteroatoms. The fourth-order valence-electron chi connectivity index (χ4n) is 1.58. The second kappa shape index (κ2) is 4.27. The minimum Gasteiger partial charge on any atom is -0.483 e. The van der Waals surface area contributed by atoms with Crippen LogP contribution >= 0.6 is 0 Å². The van der Waals surface area contributed by atoms with E-state index in [4.69, 9.17) is 4.74 Å². The van der Waals surface area contributed by atoms with E-state index in [0.29, 0.717) is 5.75 Å². The molecule has 0 radical (unpaired) electrons.